The van der Waals surface area contributed by atoms with E-state index >= 15 is 0 Å². The molecule has 0 bridgehead atoms. The van der Waals surface area contributed by atoms with Crippen LogP contribution < -0.4 is 0 Å². The molecule has 0 saturated carbocycles. The van der Waals surface area contributed by atoms with Gasteiger partial charge in [-0.05, 0) is 24.3 Å². The average molecular weight is 333 g/mol. The Morgan fingerprint density at radius 3 is 1.67 bits per heavy atom. The van der Waals surface area contributed by atoms with Crippen molar-refractivity contribution >= 4 is 11.8 Å². The maximum absolute atomic E-state index is 12.6. The number of halogens is 5. The molecule has 0 unspecified atom stereocenters. The van der Waals surface area contributed by atoms with Crippen molar-refractivity contribution < 1.29 is 22.0 Å². The van der Waals surface area contributed by atoms with Crippen molar-refractivity contribution in [3.05, 3.63) is 6.92 Å². The second-order valence-corrected chi connectivity index (χ2v) is 6.47. The van der Waals surface area contributed by atoms with E-state index in [9.17, 15) is 22.0 Å². The molecule has 0 aromatic carbocycles. The first-order chi connectivity index (χ1) is 9.81. The predicted molar refractivity (Wildman–Crippen MR) is 79.9 cm³/mol. The van der Waals surface area contributed by atoms with Crippen LogP contribution in [0, 0.1) is 6.92 Å². The van der Waals surface area contributed by atoms with Crippen molar-refractivity contribution in [1.29, 1.82) is 0 Å². The Kier molecular flexibility index (Phi) is 11.6. The SMILES string of the molecule is [CH2]CCCCCCCCCSCCCC(F)(F)C(F)(F)F. The maximum atomic E-state index is 12.6. The summed E-state index contributed by atoms with van der Waals surface area (Å²) in [7, 11) is 0. The van der Waals surface area contributed by atoms with Crippen molar-refractivity contribution in [1.82, 2.24) is 0 Å². The Hall–Kier alpha value is -0.0000000000000000555. The van der Waals surface area contributed by atoms with Gasteiger partial charge in [-0.2, -0.15) is 33.7 Å². The van der Waals surface area contributed by atoms with E-state index in [1.165, 1.54) is 43.9 Å². The Morgan fingerprint density at radius 2 is 1.14 bits per heavy atom. The van der Waals surface area contributed by atoms with E-state index < -0.39 is 18.5 Å². The molecule has 0 aliphatic heterocycles. The summed E-state index contributed by atoms with van der Waals surface area (Å²) >= 11 is 1.47. The topological polar surface area (TPSA) is 0 Å². The first-order valence-corrected chi connectivity index (χ1v) is 8.78. The average Bonchev–Trinajstić information content (AvgIpc) is 2.38. The zero-order valence-corrected chi connectivity index (χ0v) is 13.3. The Bertz CT molecular complexity index is 241. The van der Waals surface area contributed by atoms with E-state index in [0.717, 1.165) is 25.0 Å². The molecule has 0 aromatic rings. The number of hydrogen-bond donors (Lipinski definition) is 0. The van der Waals surface area contributed by atoms with Crippen LogP contribution in [0.1, 0.15) is 64.2 Å². The van der Waals surface area contributed by atoms with E-state index in [2.05, 4.69) is 6.92 Å². The molecule has 127 valence electrons. The second-order valence-electron chi connectivity index (χ2n) is 5.25. The molecule has 0 aromatic heterocycles. The highest BCUT2D eigenvalue weighted by Crippen LogP contribution is 2.39. The number of hydrogen-bond acceptors (Lipinski definition) is 1. The zero-order chi connectivity index (χ0) is 16.2. The van der Waals surface area contributed by atoms with Crippen LogP contribution >= 0.6 is 11.8 Å². The first kappa shape index (κ1) is 21.0. The quantitative estimate of drug-likeness (QED) is 0.268. The molecule has 0 aliphatic carbocycles. The lowest BCUT2D eigenvalue weighted by Crippen LogP contribution is -2.36. The van der Waals surface area contributed by atoms with Gasteiger partial charge in [0.2, 0.25) is 0 Å². The van der Waals surface area contributed by atoms with Crippen molar-refractivity contribution in [3.63, 3.8) is 0 Å². The number of thioether (sulfide) groups is 1. The number of alkyl halides is 5. The van der Waals surface area contributed by atoms with Gasteiger partial charge < -0.3 is 0 Å². The summed E-state index contributed by atoms with van der Waals surface area (Å²) in [6.45, 7) is 3.78. The molecule has 0 atom stereocenters. The minimum atomic E-state index is -5.41. The van der Waals surface area contributed by atoms with Crippen LogP contribution in [0.15, 0.2) is 0 Å². The Balaban J connectivity index is 3.30. The monoisotopic (exact) mass is 333 g/mol. The third-order valence-corrected chi connectivity index (χ3v) is 4.39. The van der Waals surface area contributed by atoms with Crippen LogP contribution in [0.4, 0.5) is 22.0 Å². The Labute approximate surface area is 129 Å². The van der Waals surface area contributed by atoms with Gasteiger partial charge in [0.25, 0.3) is 0 Å². The van der Waals surface area contributed by atoms with Gasteiger partial charge in [0, 0.05) is 6.42 Å². The standard InChI is InChI=1S/C15H26F5S/c1-2-3-4-5-6-7-8-9-12-21-13-10-11-14(16,17)15(18,19)20/h1-13H2. The van der Waals surface area contributed by atoms with Crippen LogP contribution in [-0.2, 0) is 0 Å². The maximum Gasteiger partial charge on any atom is 0.453 e. The lowest BCUT2D eigenvalue weighted by Gasteiger charge is -2.19. The van der Waals surface area contributed by atoms with Gasteiger partial charge in [-0.25, -0.2) is 0 Å². The van der Waals surface area contributed by atoms with E-state index in [4.69, 9.17) is 0 Å². The zero-order valence-electron chi connectivity index (χ0n) is 12.5. The van der Waals surface area contributed by atoms with Crippen LogP contribution in [0.2, 0.25) is 0 Å². The van der Waals surface area contributed by atoms with Gasteiger partial charge in [0.15, 0.2) is 0 Å². The smallest absolute Gasteiger partial charge is 0.196 e. The summed E-state index contributed by atoms with van der Waals surface area (Å²) in [6.07, 6.45) is 2.52. The normalized spacial score (nSPS) is 12.9. The third kappa shape index (κ3) is 11.2. The molecule has 0 heterocycles. The third-order valence-electron chi connectivity index (χ3n) is 3.23. The van der Waals surface area contributed by atoms with Crippen LogP contribution in [0.3, 0.4) is 0 Å². The molecule has 0 spiro atoms. The summed E-state index contributed by atoms with van der Waals surface area (Å²) in [6, 6.07) is 0. The molecule has 21 heavy (non-hydrogen) atoms. The van der Waals surface area contributed by atoms with Gasteiger partial charge in [0.1, 0.15) is 0 Å². The summed E-state index contributed by atoms with van der Waals surface area (Å²) in [5.41, 5.74) is 0. The summed E-state index contributed by atoms with van der Waals surface area (Å²) in [5, 5.41) is 0. The van der Waals surface area contributed by atoms with Crippen LogP contribution in [0.25, 0.3) is 0 Å². The Morgan fingerprint density at radius 1 is 0.667 bits per heavy atom. The minimum absolute atomic E-state index is 0.0950. The molecule has 0 nitrogen and oxygen atoms in total. The first-order valence-electron chi connectivity index (χ1n) is 7.63. The van der Waals surface area contributed by atoms with Gasteiger partial charge in [-0.3, -0.25) is 0 Å². The van der Waals surface area contributed by atoms with Crippen LogP contribution in [0.5, 0.6) is 0 Å². The second kappa shape index (κ2) is 11.6. The highest BCUT2D eigenvalue weighted by molar-refractivity contribution is 7.99. The van der Waals surface area contributed by atoms with E-state index in [1.807, 2.05) is 0 Å². The van der Waals surface area contributed by atoms with Crippen molar-refractivity contribution in [2.45, 2.75) is 76.3 Å². The molecule has 0 rings (SSSR count). The van der Waals surface area contributed by atoms with Gasteiger partial charge in [-0.1, -0.05) is 51.9 Å². The molecular weight excluding hydrogens is 307 g/mol. The molecule has 0 amide bonds. The van der Waals surface area contributed by atoms with Gasteiger partial charge in [0.05, 0.1) is 0 Å². The van der Waals surface area contributed by atoms with Gasteiger partial charge >= 0.3 is 12.1 Å². The summed E-state index contributed by atoms with van der Waals surface area (Å²) < 4.78 is 60.9. The predicted octanol–water partition coefficient (Wildman–Crippen LogP) is 6.65. The van der Waals surface area contributed by atoms with E-state index in [-0.39, 0.29) is 6.42 Å². The molecular formula is C15H26F5S. The highest BCUT2D eigenvalue weighted by Gasteiger charge is 2.56. The van der Waals surface area contributed by atoms with E-state index in [0.29, 0.717) is 5.75 Å². The minimum Gasteiger partial charge on any atom is -0.196 e. The lowest BCUT2D eigenvalue weighted by atomic mass is 10.1. The fourth-order valence-electron chi connectivity index (χ4n) is 1.90. The van der Waals surface area contributed by atoms with Crippen molar-refractivity contribution in [2.24, 2.45) is 0 Å². The summed E-state index contributed by atoms with van der Waals surface area (Å²) in [4.78, 5) is 0. The largest absolute Gasteiger partial charge is 0.453 e. The van der Waals surface area contributed by atoms with Crippen LogP contribution in [-0.4, -0.2) is 23.6 Å². The highest BCUT2D eigenvalue weighted by atomic mass is 32.2. The molecule has 6 heteroatoms. The molecule has 0 fully saturated rings. The number of unbranched alkanes of at least 4 members (excludes halogenated alkanes) is 7. The summed E-state index contributed by atoms with van der Waals surface area (Å²) in [5.74, 6) is -3.33. The lowest BCUT2D eigenvalue weighted by molar-refractivity contribution is -0.284. The molecule has 1 radical (unpaired) electrons. The molecule has 0 saturated heterocycles. The van der Waals surface area contributed by atoms with Crippen molar-refractivity contribution in [2.75, 3.05) is 11.5 Å². The molecule has 0 aliphatic rings. The van der Waals surface area contributed by atoms with Gasteiger partial charge in [-0.15, -0.1) is 0 Å². The number of rotatable bonds is 13. The molecule has 0 N–H and O–H groups in total. The van der Waals surface area contributed by atoms with E-state index in [1.54, 1.807) is 0 Å². The fourth-order valence-corrected chi connectivity index (χ4v) is 2.87. The van der Waals surface area contributed by atoms with Crippen molar-refractivity contribution in [3.8, 4) is 0 Å². The fraction of sp³-hybridized carbons (Fsp3) is 0.933.